The molecule has 0 unspecified atom stereocenters. The lowest BCUT2D eigenvalue weighted by Gasteiger charge is -2.33. The van der Waals surface area contributed by atoms with E-state index in [-0.39, 0.29) is 18.1 Å². The second kappa shape index (κ2) is 3.55. The Labute approximate surface area is 113 Å². The number of ether oxygens (including phenoxy) is 1. The summed E-state index contributed by atoms with van der Waals surface area (Å²) in [6, 6.07) is 3.38. The van der Waals surface area contributed by atoms with Gasteiger partial charge in [-0.25, -0.2) is 0 Å². The van der Waals surface area contributed by atoms with Crippen LogP contribution in [0, 0.1) is 0 Å². The van der Waals surface area contributed by atoms with Crippen molar-refractivity contribution in [2.75, 3.05) is 0 Å². The number of amides is 1. The Morgan fingerprint density at radius 3 is 2.70 bits per heavy atom. The van der Waals surface area contributed by atoms with Gasteiger partial charge >= 0.3 is 6.18 Å². The lowest BCUT2D eigenvalue weighted by atomic mass is 10.0. The number of nitrogens with one attached hydrogen (secondary N) is 1. The van der Waals surface area contributed by atoms with Gasteiger partial charge in [0, 0.05) is 6.42 Å². The fourth-order valence-electron chi connectivity index (χ4n) is 3.15. The quantitative estimate of drug-likeness (QED) is 0.793. The number of hydrogen-bond acceptors (Lipinski definition) is 2. The van der Waals surface area contributed by atoms with Crippen molar-refractivity contribution in [3.8, 4) is 0 Å². The number of hydrogen-bond donors (Lipinski definition) is 1. The maximum Gasteiger partial charge on any atom is 0.416 e. The topological polar surface area (TPSA) is 38.3 Å². The fraction of sp³-hybridized carbons (Fsp3) is 0.500. The Morgan fingerprint density at radius 2 is 2.05 bits per heavy atom. The van der Waals surface area contributed by atoms with Crippen molar-refractivity contribution in [3.63, 3.8) is 0 Å². The molecule has 20 heavy (non-hydrogen) atoms. The van der Waals surface area contributed by atoms with Crippen molar-refractivity contribution in [3.05, 3.63) is 34.9 Å². The molecule has 3 nitrogen and oxygen atoms in total. The summed E-state index contributed by atoms with van der Waals surface area (Å²) in [4.78, 5) is 11.9. The monoisotopic (exact) mass is 283 g/mol. The normalized spacial score (nSPS) is 29.9. The van der Waals surface area contributed by atoms with E-state index in [1.807, 2.05) is 0 Å². The molecule has 3 aliphatic rings. The molecule has 106 valence electrons. The van der Waals surface area contributed by atoms with Crippen molar-refractivity contribution in [1.82, 2.24) is 5.32 Å². The molecule has 1 spiro atoms. The highest BCUT2D eigenvalue weighted by molar-refractivity contribution is 5.89. The van der Waals surface area contributed by atoms with E-state index in [4.69, 9.17) is 4.74 Å². The standard InChI is InChI=1S/C14H12F3NO2/c15-14(16,17)8-1-2-9-7(5-8)6-10-11(9)18-12(19)13(20-10)3-4-13/h1-2,5,10-11H,3-4,6H2,(H,18,19)/t10-,11+/m0/s1. The van der Waals surface area contributed by atoms with E-state index in [0.29, 0.717) is 24.8 Å². The largest absolute Gasteiger partial charge is 0.416 e. The summed E-state index contributed by atoms with van der Waals surface area (Å²) in [6.45, 7) is 0. The first-order valence-electron chi connectivity index (χ1n) is 6.58. The first-order valence-corrected chi connectivity index (χ1v) is 6.58. The zero-order valence-corrected chi connectivity index (χ0v) is 10.5. The second-order valence-corrected chi connectivity index (χ2v) is 5.72. The van der Waals surface area contributed by atoms with Crippen LogP contribution < -0.4 is 5.32 Å². The lowest BCUT2D eigenvalue weighted by molar-refractivity contribution is -0.153. The average molecular weight is 283 g/mol. The molecule has 2 fully saturated rings. The lowest BCUT2D eigenvalue weighted by Crippen LogP contribution is -2.51. The first kappa shape index (κ1) is 12.2. The van der Waals surface area contributed by atoms with E-state index in [1.165, 1.54) is 12.1 Å². The zero-order chi connectivity index (χ0) is 14.1. The van der Waals surface area contributed by atoms with Gasteiger partial charge in [-0.05, 0) is 36.1 Å². The number of carbonyl (C=O) groups excluding carboxylic acids is 1. The molecule has 1 aromatic carbocycles. The number of rotatable bonds is 0. The molecule has 1 aromatic rings. The molecule has 0 bridgehead atoms. The third-order valence-electron chi connectivity index (χ3n) is 4.38. The van der Waals surface area contributed by atoms with Crippen LogP contribution in [0.2, 0.25) is 0 Å². The van der Waals surface area contributed by atoms with Crippen LogP contribution in [-0.2, 0) is 22.1 Å². The molecule has 0 radical (unpaired) electrons. The summed E-state index contributed by atoms with van der Waals surface area (Å²) in [5.74, 6) is -0.133. The van der Waals surface area contributed by atoms with Crippen LogP contribution in [0.3, 0.4) is 0 Å². The van der Waals surface area contributed by atoms with Gasteiger partial charge in [0.1, 0.15) is 5.60 Å². The highest BCUT2D eigenvalue weighted by Gasteiger charge is 2.58. The Kier molecular flexibility index (Phi) is 2.17. The molecule has 1 aliphatic heterocycles. The molecule has 2 aliphatic carbocycles. The summed E-state index contributed by atoms with van der Waals surface area (Å²) in [6.07, 6.45) is -2.76. The highest BCUT2D eigenvalue weighted by atomic mass is 19.4. The number of fused-ring (bicyclic) bond motifs is 3. The van der Waals surface area contributed by atoms with Crippen molar-refractivity contribution >= 4 is 5.91 Å². The summed E-state index contributed by atoms with van der Waals surface area (Å²) in [5, 5.41) is 2.90. The van der Waals surface area contributed by atoms with E-state index in [1.54, 1.807) is 0 Å². The van der Waals surface area contributed by atoms with Crippen LogP contribution in [0.5, 0.6) is 0 Å². The molecule has 4 rings (SSSR count). The Bertz CT molecular complexity index is 607. The third-order valence-corrected chi connectivity index (χ3v) is 4.38. The predicted molar refractivity (Wildman–Crippen MR) is 62.9 cm³/mol. The SMILES string of the molecule is O=C1N[C@@H]2c3ccc(C(F)(F)F)cc3C[C@@H]2OC12CC2. The molecule has 1 N–H and O–H groups in total. The van der Waals surface area contributed by atoms with Gasteiger partial charge < -0.3 is 10.1 Å². The third kappa shape index (κ3) is 1.60. The number of carbonyl (C=O) groups is 1. The van der Waals surface area contributed by atoms with E-state index < -0.39 is 17.3 Å². The fourth-order valence-corrected chi connectivity index (χ4v) is 3.15. The van der Waals surface area contributed by atoms with Crippen molar-refractivity contribution in [2.45, 2.75) is 43.2 Å². The van der Waals surface area contributed by atoms with Gasteiger partial charge in [-0.1, -0.05) is 6.07 Å². The van der Waals surface area contributed by atoms with Crippen LogP contribution in [0.15, 0.2) is 18.2 Å². The molecule has 1 heterocycles. The van der Waals surface area contributed by atoms with Crippen LogP contribution in [-0.4, -0.2) is 17.6 Å². The summed E-state index contributed by atoms with van der Waals surface area (Å²) in [5.41, 5.74) is 0.0119. The van der Waals surface area contributed by atoms with E-state index >= 15 is 0 Å². The van der Waals surface area contributed by atoms with Crippen molar-refractivity contribution in [2.24, 2.45) is 0 Å². The average Bonchev–Trinajstić information content (AvgIpc) is 3.05. The number of halogens is 3. The summed E-state index contributed by atoms with van der Waals surface area (Å²) in [7, 11) is 0. The van der Waals surface area contributed by atoms with Crippen molar-refractivity contribution < 1.29 is 22.7 Å². The Morgan fingerprint density at radius 1 is 1.30 bits per heavy atom. The minimum Gasteiger partial charge on any atom is -0.359 e. The predicted octanol–water partition coefficient (Wildman–Crippen LogP) is 2.35. The van der Waals surface area contributed by atoms with Crippen molar-refractivity contribution in [1.29, 1.82) is 0 Å². The van der Waals surface area contributed by atoms with Gasteiger partial charge in [-0.2, -0.15) is 13.2 Å². The van der Waals surface area contributed by atoms with Crippen LogP contribution in [0.4, 0.5) is 13.2 Å². The van der Waals surface area contributed by atoms with Crippen LogP contribution >= 0.6 is 0 Å². The van der Waals surface area contributed by atoms with E-state index in [9.17, 15) is 18.0 Å². The Hall–Kier alpha value is -1.56. The molecular weight excluding hydrogens is 271 g/mol. The van der Waals surface area contributed by atoms with Gasteiger partial charge in [0.2, 0.25) is 0 Å². The second-order valence-electron chi connectivity index (χ2n) is 5.72. The van der Waals surface area contributed by atoms with Gasteiger partial charge in [-0.3, -0.25) is 4.79 Å². The van der Waals surface area contributed by atoms with E-state index in [2.05, 4.69) is 5.32 Å². The van der Waals surface area contributed by atoms with Crippen LogP contribution in [0.25, 0.3) is 0 Å². The minimum absolute atomic E-state index is 0.133. The molecule has 1 amide bonds. The molecule has 2 atom stereocenters. The van der Waals surface area contributed by atoms with Gasteiger partial charge in [0.15, 0.2) is 0 Å². The molecular formula is C14H12F3NO2. The molecule has 6 heteroatoms. The summed E-state index contributed by atoms with van der Waals surface area (Å²) < 4.78 is 44.0. The molecule has 0 aromatic heterocycles. The van der Waals surface area contributed by atoms with E-state index in [0.717, 1.165) is 11.6 Å². The van der Waals surface area contributed by atoms with Crippen LogP contribution in [0.1, 0.15) is 35.6 Å². The number of morpholine rings is 1. The molecule has 1 saturated carbocycles. The number of benzene rings is 1. The zero-order valence-electron chi connectivity index (χ0n) is 10.5. The first-order chi connectivity index (χ1) is 9.39. The van der Waals surface area contributed by atoms with Gasteiger partial charge in [0.05, 0.1) is 17.7 Å². The number of alkyl halides is 3. The maximum absolute atomic E-state index is 12.7. The van der Waals surface area contributed by atoms with Gasteiger partial charge in [0.25, 0.3) is 5.91 Å². The smallest absolute Gasteiger partial charge is 0.359 e. The summed E-state index contributed by atoms with van der Waals surface area (Å²) >= 11 is 0. The highest BCUT2D eigenvalue weighted by Crippen LogP contribution is 2.49. The molecule has 1 saturated heterocycles. The van der Waals surface area contributed by atoms with Gasteiger partial charge in [-0.15, -0.1) is 0 Å². The Balaban J connectivity index is 1.69. The maximum atomic E-state index is 12.7. The minimum atomic E-state index is -4.34.